The molecule has 1 heteroatoms. The highest BCUT2D eigenvalue weighted by Gasteiger charge is 2.47. The molecule has 0 radical (unpaired) electrons. The summed E-state index contributed by atoms with van der Waals surface area (Å²) >= 11 is 0. The van der Waals surface area contributed by atoms with Crippen LogP contribution in [0.2, 0.25) is 0 Å². The molecule has 0 saturated heterocycles. The fourth-order valence-corrected chi connectivity index (χ4v) is 12.2. The summed E-state index contributed by atoms with van der Waals surface area (Å²) < 4.78 is 2.78. The van der Waals surface area contributed by atoms with Crippen LogP contribution in [0.3, 0.4) is 0 Å². The minimum absolute atomic E-state index is 0.377. The predicted octanol–water partition coefficient (Wildman–Crippen LogP) is 14.1. The fraction of sp³-hybridized carbons (Fsp3) is 0.370. The van der Waals surface area contributed by atoms with E-state index in [1.54, 1.807) is 16.7 Å². The van der Waals surface area contributed by atoms with Gasteiger partial charge >= 0.3 is 0 Å². The Bertz CT molecular complexity index is 2290. The van der Waals surface area contributed by atoms with Gasteiger partial charge in [-0.05, 0) is 151 Å². The third-order valence-corrected chi connectivity index (χ3v) is 15.1. The number of hydrogen-bond donors (Lipinski definition) is 0. The van der Waals surface area contributed by atoms with Gasteiger partial charge in [-0.3, -0.25) is 0 Å². The molecule has 0 spiro atoms. The second-order valence-electron chi connectivity index (χ2n) is 18.0. The van der Waals surface area contributed by atoms with E-state index >= 15 is 0 Å². The van der Waals surface area contributed by atoms with E-state index in [9.17, 15) is 0 Å². The average molecular weight is 718 g/mol. The first-order valence-electron chi connectivity index (χ1n) is 21.8. The van der Waals surface area contributed by atoms with Gasteiger partial charge in [-0.1, -0.05) is 134 Å². The van der Waals surface area contributed by atoms with Crippen molar-refractivity contribution < 1.29 is 0 Å². The Morgan fingerprint density at radius 2 is 1.45 bits per heavy atom. The van der Waals surface area contributed by atoms with Gasteiger partial charge in [0, 0.05) is 34.4 Å². The number of allylic oxidation sites excluding steroid dienone is 19. The van der Waals surface area contributed by atoms with Gasteiger partial charge in [0.15, 0.2) is 0 Å². The summed E-state index contributed by atoms with van der Waals surface area (Å²) in [6.07, 6.45) is 56.3. The van der Waals surface area contributed by atoms with E-state index in [4.69, 9.17) is 0 Å². The Labute approximate surface area is 328 Å². The van der Waals surface area contributed by atoms with Gasteiger partial charge in [-0.2, -0.15) is 0 Å². The van der Waals surface area contributed by atoms with Crippen molar-refractivity contribution in [3.8, 4) is 0 Å². The zero-order valence-corrected chi connectivity index (χ0v) is 32.2. The summed E-state index contributed by atoms with van der Waals surface area (Å²) in [7, 11) is 0. The standard InChI is InChI=1S/C54H55N/c1-3-11-36(12-4-1)39-19-22-41(23-20-39)49-35-45-17-9-10-18-47(45)53-48(49)30-32-52-54(53)50-34-44(37-13-5-2-6-14-37)27-31-51(50)55(52)46-28-25-40(26-29-46)43-24-21-38-15-7-8-16-42(38)33-43/h2-3,5-6,8-11,13,16-25,27-28,30-32,34,36-37,40,43,45-49,53H,1,4,7,12,14-15,26,29,33,35H2. The summed E-state index contributed by atoms with van der Waals surface area (Å²) in [5.74, 6) is 4.75. The van der Waals surface area contributed by atoms with Crippen LogP contribution in [0.4, 0.5) is 0 Å². The first-order chi connectivity index (χ1) is 27.3. The molecular weight excluding hydrogens is 663 g/mol. The maximum Gasteiger partial charge on any atom is 0.0522 e. The topological polar surface area (TPSA) is 4.93 Å². The van der Waals surface area contributed by atoms with E-state index in [0.29, 0.717) is 59.3 Å². The zero-order valence-electron chi connectivity index (χ0n) is 32.2. The van der Waals surface area contributed by atoms with Gasteiger partial charge < -0.3 is 4.57 Å². The van der Waals surface area contributed by atoms with E-state index in [2.05, 4.69) is 156 Å². The maximum atomic E-state index is 2.78. The van der Waals surface area contributed by atoms with Crippen molar-refractivity contribution in [3.05, 3.63) is 185 Å². The van der Waals surface area contributed by atoms with Crippen LogP contribution in [0.15, 0.2) is 157 Å². The van der Waals surface area contributed by atoms with Gasteiger partial charge in [0.25, 0.3) is 0 Å². The fourth-order valence-electron chi connectivity index (χ4n) is 12.2. The molecule has 10 atom stereocenters. The molecule has 1 saturated carbocycles. The molecule has 8 aliphatic carbocycles. The lowest BCUT2D eigenvalue weighted by atomic mass is 9.56. The van der Waals surface area contributed by atoms with E-state index in [1.807, 2.05) is 0 Å². The molecule has 1 heterocycles. The van der Waals surface area contributed by atoms with Crippen LogP contribution < -0.4 is 0 Å². The molecule has 55 heavy (non-hydrogen) atoms. The normalized spacial score (nSPS) is 34.2. The molecule has 0 amide bonds. The van der Waals surface area contributed by atoms with E-state index in [1.165, 1.54) is 91.1 Å². The second kappa shape index (κ2) is 14.1. The van der Waals surface area contributed by atoms with E-state index in [-0.39, 0.29) is 0 Å². The monoisotopic (exact) mass is 717 g/mol. The van der Waals surface area contributed by atoms with Crippen LogP contribution in [0.1, 0.15) is 122 Å². The number of benzene rings is 2. The molecule has 0 aliphatic heterocycles. The molecule has 3 aromatic rings. The summed E-state index contributed by atoms with van der Waals surface area (Å²) in [4.78, 5) is 0. The van der Waals surface area contributed by atoms with Crippen molar-refractivity contribution >= 4 is 17.0 Å². The molecule has 1 aromatic heterocycles. The molecule has 1 fully saturated rings. The number of aromatic nitrogens is 1. The van der Waals surface area contributed by atoms with E-state index < -0.39 is 0 Å². The molecule has 11 rings (SSSR count). The number of rotatable bonds is 5. The molecule has 0 N–H and O–H groups in total. The summed E-state index contributed by atoms with van der Waals surface area (Å²) in [6, 6.07) is 17.9. The second-order valence-corrected chi connectivity index (χ2v) is 18.0. The van der Waals surface area contributed by atoms with Crippen LogP contribution in [0, 0.1) is 29.6 Å². The van der Waals surface area contributed by atoms with Crippen LogP contribution in [-0.4, -0.2) is 4.57 Å². The Kier molecular flexibility index (Phi) is 8.67. The van der Waals surface area contributed by atoms with Crippen molar-refractivity contribution in [3.63, 3.8) is 0 Å². The molecule has 276 valence electrons. The SMILES string of the molecule is C1=CCC(c2ccc3c(c2)c2c(n3C3C=CC(C4C=CC5=C(C=CCC5)C4)CC3)C=CC3C(c4ccc(C5C=CCCC5)cc4)CC4C=CC=CC4C23)C=C1. The lowest BCUT2D eigenvalue weighted by molar-refractivity contribution is 0.207. The summed E-state index contributed by atoms with van der Waals surface area (Å²) in [5, 5.41) is 1.51. The van der Waals surface area contributed by atoms with Gasteiger partial charge in [-0.25, -0.2) is 0 Å². The highest BCUT2D eigenvalue weighted by atomic mass is 15.0. The highest BCUT2D eigenvalue weighted by Crippen LogP contribution is 2.58. The summed E-state index contributed by atoms with van der Waals surface area (Å²) in [5.41, 5.74) is 12.2. The first kappa shape index (κ1) is 33.7. The van der Waals surface area contributed by atoms with Gasteiger partial charge in [0.2, 0.25) is 0 Å². The van der Waals surface area contributed by atoms with Gasteiger partial charge in [0.1, 0.15) is 0 Å². The summed E-state index contributed by atoms with van der Waals surface area (Å²) in [6.45, 7) is 0. The highest BCUT2D eigenvalue weighted by molar-refractivity contribution is 5.91. The van der Waals surface area contributed by atoms with Gasteiger partial charge in [-0.15, -0.1) is 0 Å². The maximum absolute atomic E-state index is 2.78. The average Bonchev–Trinajstić information content (AvgIpc) is 3.60. The van der Waals surface area contributed by atoms with Crippen LogP contribution in [0.25, 0.3) is 17.0 Å². The number of hydrogen-bond acceptors (Lipinski definition) is 0. The molecule has 2 aromatic carbocycles. The Balaban J connectivity index is 0.987. The molecular formula is C54H55N. The van der Waals surface area contributed by atoms with Crippen LogP contribution >= 0.6 is 0 Å². The first-order valence-corrected chi connectivity index (χ1v) is 21.8. The third kappa shape index (κ3) is 5.96. The third-order valence-electron chi connectivity index (χ3n) is 15.1. The molecule has 1 nitrogen and oxygen atoms in total. The lowest BCUT2D eigenvalue weighted by Gasteiger charge is -2.48. The quantitative estimate of drug-likeness (QED) is 0.232. The predicted molar refractivity (Wildman–Crippen MR) is 231 cm³/mol. The van der Waals surface area contributed by atoms with Crippen molar-refractivity contribution in [1.82, 2.24) is 4.57 Å². The Morgan fingerprint density at radius 3 is 2.31 bits per heavy atom. The zero-order chi connectivity index (χ0) is 36.3. The van der Waals surface area contributed by atoms with Crippen molar-refractivity contribution in [2.24, 2.45) is 29.6 Å². The number of nitrogens with zero attached hydrogens (tertiary/aromatic N) is 1. The Hall–Kier alpha value is -4.62. The molecule has 10 unspecified atom stereocenters. The molecule has 0 bridgehead atoms. The van der Waals surface area contributed by atoms with E-state index in [0.717, 1.165) is 6.42 Å². The van der Waals surface area contributed by atoms with Crippen molar-refractivity contribution in [1.29, 1.82) is 0 Å². The van der Waals surface area contributed by atoms with Crippen molar-refractivity contribution in [2.45, 2.75) is 93.9 Å². The largest absolute Gasteiger partial charge is 0.334 e. The number of fused-ring (bicyclic) bond motifs is 7. The minimum atomic E-state index is 0.377. The lowest BCUT2D eigenvalue weighted by Crippen LogP contribution is -2.37. The molecule has 8 aliphatic rings. The minimum Gasteiger partial charge on any atom is -0.334 e. The Morgan fingerprint density at radius 1 is 0.564 bits per heavy atom. The van der Waals surface area contributed by atoms with Gasteiger partial charge in [0.05, 0.1) is 6.04 Å². The smallest absolute Gasteiger partial charge is 0.0522 e. The van der Waals surface area contributed by atoms with Crippen LogP contribution in [-0.2, 0) is 0 Å². The van der Waals surface area contributed by atoms with Crippen LogP contribution in [0.5, 0.6) is 0 Å². The van der Waals surface area contributed by atoms with Crippen molar-refractivity contribution in [2.75, 3.05) is 0 Å².